The number of rotatable bonds is 3. The van der Waals surface area contributed by atoms with Gasteiger partial charge in [-0.25, -0.2) is 9.59 Å². The van der Waals surface area contributed by atoms with Crippen LogP contribution in [0.15, 0.2) is 29.1 Å². The van der Waals surface area contributed by atoms with Gasteiger partial charge >= 0.3 is 11.7 Å². The van der Waals surface area contributed by atoms with E-state index in [-0.39, 0.29) is 12.4 Å². The lowest BCUT2D eigenvalue weighted by atomic mass is 10.3. The summed E-state index contributed by atoms with van der Waals surface area (Å²) in [6, 6.07) is 6.49. The number of nitrogens with zero attached hydrogens (tertiary/aromatic N) is 3. The number of hydrogen-bond acceptors (Lipinski definition) is 3. The summed E-state index contributed by atoms with van der Waals surface area (Å²) in [6.45, 7) is 1.92. The molecule has 0 saturated carbocycles. The van der Waals surface area contributed by atoms with Crippen LogP contribution in [0, 0.1) is 0 Å². The van der Waals surface area contributed by atoms with Crippen LogP contribution in [-0.2, 0) is 6.54 Å². The maximum atomic E-state index is 12.0. The molecule has 18 heavy (non-hydrogen) atoms. The average Bonchev–Trinajstić information content (AvgIpc) is 2.66. The zero-order chi connectivity index (χ0) is 13.3. The zero-order valence-corrected chi connectivity index (χ0v) is 10.3. The van der Waals surface area contributed by atoms with E-state index in [4.69, 9.17) is 16.7 Å². The van der Waals surface area contributed by atoms with Crippen molar-refractivity contribution in [3.8, 4) is 5.69 Å². The summed E-state index contributed by atoms with van der Waals surface area (Å²) in [6.07, 6.45) is 0. The molecule has 1 aromatic heterocycles. The fourth-order valence-corrected chi connectivity index (χ4v) is 1.80. The van der Waals surface area contributed by atoms with Crippen LogP contribution in [0.1, 0.15) is 17.5 Å². The van der Waals surface area contributed by atoms with Gasteiger partial charge in [0.1, 0.15) is 0 Å². The largest absolute Gasteiger partial charge is 0.475 e. The van der Waals surface area contributed by atoms with Gasteiger partial charge in [0.05, 0.1) is 5.69 Å². The van der Waals surface area contributed by atoms with Crippen LogP contribution in [0.3, 0.4) is 0 Å². The Bertz CT molecular complexity index is 660. The van der Waals surface area contributed by atoms with Crippen molar-refractivity contribution in [2.45, 2.75) is 13.5 Å². The molecule has 2 rings (SSSR count). The first-order valence-corrected chi connectivity index (χ1v) is 5.61. The Kier molecular flexibility index (Phi) is 3.20. The Morgan fingerprint density at radius 3 is 2.72 bits per heavy atom. The molecule has 0 bridgehead atoms. The van der Waals surface area contributed by atoms with Crippen molar-refractivity contribution in [1.29, 1.82) is 0 Å². The third-order valence-corrected chi connectivity index (χ3v) is 2.66. The van der Waals surface area contributed by atoms with Crippen molar-refractivity contribution >= 4 is 17.6 Å². The molecule has 0 radical (unpaired) electrons. The summed E-state index contributed by atoms with van der Waals surface area (Å²) in [7, 11) is 0. The summed E-state index contributed by atoms with van der Waals surface area (Å²) in [5, 5.41) is 13.2. The Hall–Kier alpha value is -2.08. The van der Waals surface area contributed by atoms with E-state index in [9.17, 15) is 9.59 Å². The second-order valence-electron chi connectivity index (χ2n) is 3.55. The number of halogens is 1. The van der Waals surface area contributed by atoms with Crippen LogP contribution in [0.4, 0.5) is 0 Å². The van der Waals surface area contributed by atoms with E-state index in [1.54, 1.807) is 31.2 Å². The van der Waals surface area contributed by atoms with E-state index < -0.39 is 11.7 Å². The standard InChI is InChI=1S/C11H10ClN3O3/c1-2-14-9(10(16)17)13-15(11(14)18)8-5-3-4-7(12)6-8/h3-6H,2H2,1H3,(H,16,17). The van der Waals surface area contributed by atoms with Gasteiger partial charge in [0.25, 0.3) is 0 Å². The van der Waals surface area contributed by atoms with E-state index in [0.717, 1.165) is 9.25 Å². The predicted octanol–water partition coefficient (Wildman–Crippen LogP) is 1.41. The van der Waals surface area contributed by atoms with Gasteiger partial charge in [0.15, 0.2) is 0 Å². The summed E-state index contributed by atoms with van der Waals surface area (Å²) in [5.74, 6) is -1.53. The fourth-order valence-electron chi connectivity index (χ4n) is 1.62. The Morgan fingerprint density at radius 2 is 2.22 bits per heavy atom. The molecule has 0 fully saturated rings. The van der Waals surface area contributed by atoms with Gasteiger partial charge in [-0.1, -0.05) is 17.7 Å². The smallest absolute Gasteiger partial charge is 0.374 e. The first-order valence-electron chi connectivity index (χ1n) is 5.23. The summed E-state index contributed by atoms with van der Waals surface area (Å²) in [4.78, 5) is 23.0. The van der Waals surface area contributed by atoms with E-state index in [1.165, 1.54) is 0 Å². The summed E-state index contributed by atoms with van der Waals surface area (Å²) in [5.41, 5.74) is -0.0700. The fraction of sp³-hybridized carbons (Fsp3) is 0.182. The minimum absolute atomic E-state index is 0.237. The third kappa shape index (κ3) is 2.02. The molecule has 0 aliphatic rings. The first kappa shape index (κ1) is 12.4. The number of carboxylic acid groups (broad SMARTS) is 1. The number of aromatic nitrogens is 3. The third-order valence-electron chi connectivity index (χ3n) is 2.42. The molecule has 6 nitrogen and oxygen atoms in total. The molecule has 0 amide bonds. The van der Waals surface area contributed by atoms with Crippen LogP contribution in [-0.4, -0.2) is 25.4 Å². The number of carbonyl (C=O) groups is 1. The van der Waals surface area contributed by atoms with E-state index in [1.807, 2.05) is 0 Å². The van der Waals surface area contributed by atoms with E-state index in [2.05, 4.69) is 5.10 Å². The van der Waals surface area contributed by atoms with Gasteiger partial charge in [-0.3, -0.25) is 4.57 Å². The lowest BCUT2D eigenvalue weighted by molar-refractivity contribution is 0.0677. The molecule has 1 aromatic carbocycles. The van der Waals surface area contributed by atoms with Gasteiger partial charge in [0.2, 0.25) is 5.82 Å². The van der Waals surface area contributed by atoms with Crippen LogP contribution >= 0.6 is 11.6 Å². The van der Waals surface area contributed by atoms with Gasteiger partial charge in [-0.05, 0) is 25.1 Å². The van der Waals surface area contributed by atoms with Crippen LogP contribution in [0.5, 0.6) is 0 Å². The monoisotopic (exact) mass is 267 g/mol. The Labute approximate surface area is 107 Å². The Morgan fingerprint density at radius 1 is 1.50 bits per heavy atom. The maximum Gasteiger partial charge on any atom is 0.374 e. The normalized spacial score (nSPS) is 10.6. The highest BCUT2D eigenvalue weighted by Crippen LogP contribution is 2.12. The first-order chi connectivity index (χ1) is 8.54. The molecule has 0 aliphatic carbocycles. The van der Waals surface area contributed by atoms with Crippen molar-refractivity contribution in [2.24, 2.45) is 0 Å². The number of benzene rings is 1. The Balaban J connectivity index is 2.66. The molecule has 1 heterocycles. The van der Waals surface area contributed by atoms with E-state index in [0.29, 0.717) is 10.7 Å². The summed E-state index contributed by atoms with van der Waals surface area (Å²) >= 11 is 5.82. The van der Waals surface area contributed by atoms with Crippen LogP contribution in [0.2, 0.25) is 5.02 Å². The van der Waals surface area contributed by atoms with Gasteiger partial charge in [-0.2, -0.15) is 4.68 Å². The minimum Gasteiger partial charge on any atom is -0.475 e. The number of carboxylic acids is 1. The highest BCUT2D eigenvalue weighted by Gasteiger charge is 2.18. The van der Waals surface area contributed by atoms with E-state index >= 15 is 0 Å². The van der Waals surface area contributed by atoms with Crippen LogP contribution < -0.4 is 5.69 Å². The SMILES string of the molecule is CCn1c(C(=O)O)nn(-c2cccc(Cl)c2)c1=O. The number of aromatic carboxylic acids is 1. The highest BCUT2D eigenvalue weighted by molar-refractivity contribution is 6.30. The van der Waals surface area contributed by atoms with Gasteiger partial charge in [0, 0.05) is 11.6 Å². The van der Waals surface area contributed by atoms with Gasteiger partial charge < -0.3 is 5.11 Å². The number of hydrogen-bond donors (Lipinski definition) is 1. The minimum atomic E-state index is -1.24. The second-order valence-corrected chi connectivity index (χ2v) is 3.98. The zero-order valence-electron chi connectivity index (χ0n) is 9.50. The molecular weight excluding hydrogens is 258 g/mol. The molecule has 0 aliphatic heterocycles. The second kappa shape index (κ2) is 4.66. The lowest BCUT2D eigenvalue weighted by Crippen LogP contribution is -2.24. The molecule has 0 unspecified atom stereocenters. The molecule has 1 N–H and O–H groups in total. The molecule has 94 valence electrons. The van der Waals surface area contributed by atoms with Crippen molar-refractivity contribution < 1.29 is 9.90 Å². The molecule has 0 atom stereocenters. The van der Waals surface area contributed by atoms with Crippen LogP contribution in [0.25, 0.3) is 5.69 Å². The maximum absolute atomic E-state index is 12.0. The lowest BCUT2D eigenvalue weighted by Gasteiger charge is -1.99. The topological polar surface area (TPSA) is 77.1 Å². The quantitative estimate of drug-likeness (QED) is 0.912. The molecule has 0 saturated heterocycles. The average molecular weight is 268 g/mol. The van der Waals surface area contributed by atoms with Crippen molar-refractivity contribution in [1.82, 2.24) is 14.3 Å². The van der Waals surface area contributed by atoms with Gasteiger partial charge in [-0.15, -0.1) is 5.10 Å². The van der Waals surface area contributed by atoms with Crippen molar-refractivity contribution in [3.63, 3.8) is 0 Å². The van der Waals surface area contributed by atoms with Crippen molar-refractivity contribution in [3.05, 3.63) is 45.6 Å². The molecular formula is C11H10ClN3O3. The highest BCUT2D eigenvalue weighted by atomic mass is 35.5. The summed E-state index contributed by atoms with van der Waals surface area (Å²) < 4.78 is 2.11. The predicted molar refractivity (Wildman–Crippen MR) is 65.5 cm³/mol. The molecule has 2 aromatic rings. The van der Waals surface area contributed by atoms with Crippen molar-refractivity contribution in [2.75, 3.05) is 0 Å². The molecule has 7 heteroatoms. The molecule has 0 spiro atoms.